The number of amides is 15. The molecule has 1 fully saturated rings. The minimum Gasteiger partial charge on any atom is -0.481 e. The smallest absolute Gasteiger partial charge is 0.326 e. The number of aliphatic hydroxyl groups is 3. The first-order valence-corrected chi connectivity index (χ1v) is 38.7. The molecular weight excluding hydrogens is 1490 g/mol. The normalized spacial score (nSPS) is 16.8. The Morgan fingerprint density at radius 1 is 0.416 bits per heavy atom. The SMILES string of the molecule is CCCCCCCCCC(=O)N[C@@H](CC(C)C)C(=O)N[C@H](C(=O)N1CCC[C@H]1C(=O)N[C@H](C(=O)N[C@@H](CCC(N)=O)C(=O)N[C@@H](C)C(=O)N[C@@H](CCCCN)C(=O)N[C@@H](C)C(=O)N[C@@H](C)C(=O)N[C@@H](CO)C(=O)N[C@@H](CCCCN)C(=O)N[C@H](C(=O)N[C@@H](CC(=O)O)C(=O)N[C@@H](CC(=O)O)C(=O)O)[C@@H](C)CC)[C@@H](C)O)[C@@H](C)O. The third-order valence-electron chi connectivity index (χ3n) is 18.7. The topological polar surface area (TPSA) is 666 Å². The zero-order valence-corrected chi connectivity index (χ0v) is 66.5. The van der Waals surface area contributed by atoms with Gasteiger partial charge >= 0.3 is 17.9 Å². The van der Waals surface area contributed by atoms with Crippen LogP contribution in [0.4, 0.5) is 0 Å². The van der Waals surface area contributed by atoms with Crippen LogP contribution in [-0.2, 0) is 86.3 Å². The maximum atomic E-state index is 14.2. The van der Waals surface area contributed by atoms with Crippen molar-refractivity contribution in [2.45, 2.75) is 307 Å². The van der Waals surface area contributed by atoms with Gasteiger partial charge in [0.1, 0.15) is 84.6 Å². The predicted octanol–water partition coefficient (Wildman–Crippen LogP) is -5.12. The number of unbranched alkanes of at least 4 members (excludes halogenated alkanes) is 8. The Morgan fingerprint density at radius 2 is 0.823 bits per heavy atom. The van der Waals surface area contributed by atoms with Crippen LogP contribution in [-0.4, -0.2) is 265 Å². The van der Waals surface area contributed by atoms with Gasteiger partial charge in [0.2, 0.25) is 88.6 Å². The molecule has 15 amide bonds. The van der Waals surface area contributed by atoms with Gasteiger partial charge in [-0.25, -0.2) is 4.79 Å². The zero-order valence-electron chi connectivity index (χ0n) is 66.5. The highest BCUT2D eigenvalue weighted by Crippen LogP contribution is 2.21. The predicted molar refractivity (Wildman–Crippen MR) is 405 cm³/mol. The van der Waals surface area contributed by atoms with Crippen molar-refractivity contribution in [2.24, 2.45) is 29.0 Å². The van der Waals surface area contributed by atoms with Gasteiger partial charge in [0.05, 0.1) is 31.7 Å². The Hall–Kier alpha value is -9.74. The number of nitrogens with one attached hydrogen (secondary N) is 13. The summed E-state index contributed by atoms with van der Waals surface area (Å²) < 4.78 is 0. The van der Waals surface area contributed by atoms with Gasteiger partial charge in [-0.05, 0) is 130 Å². The average Bonchev–Trinajstić information content (AvgIpc) is 1.68. The van der Waals surface area contributed by atoms with Crippen LogP contribution in [0.25, 0.3) is 0 Å². The van der Waals surface area contributed by atoms with E-state index in [-0.39, 0.29) is 89.2 Å². The Labute approximate surface area is 657 Å². The lowest BCUT2D eigenvalue weighted by molar-refractivity contribution is -0.148. The van der Waals surface area contributed by atoms with E-state index in [2.05, 4.69) is 70.7 Å². The molecule has 0 aliphatic carbocycles. The molecule has 41 nitrogen and oxygen atoms in total. The summed E-state index contributed by atoms with van der Waals surface area (Å²) in [7, 11) is 0. The van der Waals surface area contributed by atoms with Crippen molar-refractivity contribution in [1.29, 1.82) is 0 Å². The number of aliphatic carboxylic acids is 3. The van der Waals surface area contributed by atoms with Crippen molar-refractivity contribution >= 4 is 107 Å². The molecule has 1 rings (SSSR count). The van der Waals surface area contributed by atoms with Gasteiger partial charge in [-0.3, -0.25) is 81.5 Å². The fourth-order valence-electron chi connectivity index (χ4n) is 11.8. The number of primary amides is 1. The van der Waals surface area contributed by atoms with Crippen molar-refractivity contribution in [3.8, 4) is 0 Å². The number of carbonyl (C=O) groups excluding carboxylic acids is 15. The summed E-state index contributed by atoms with van der Waals surface area (Å²) >= 11 is 0. The van der Waals surface area contributed by atoms with Gasteiger partial charge < -0.3 is 122 Å². The Kier molecular flexibility index (Phi) is 47.8. The van der Waals surface area contributed by atoms with Crippen molar-refractivity contribution < 1.29 is 117 Å². The number of aliphatic hydroxyl groups excluding tert-OH is 3. The van der Waals surface area contributed by atoms with Crippen LogP contribution in [0.15, 0.2) is 0 Å². The monoisotopic (exact) mass is 1610 g/mol. The quantitative estimate of drug-likeness (QED) is 0.0253. The van der Waals surface area contributed by atoms with Gasteiger partial charge in [0.25, 0.3) is 0 Å². The highest BCUT2D eigenvalue weighted by Gasteiger charge is 2.43. The van der Waals surface area contributed by atoms with Gasteiger partial charge in [-0.2, -0.15) is 0 Å². The first kappa shape index (κ1) is 101. The molecule has 1 aliphatic heterocycles. The number of rotatable bonds is 57. The molecule has 113 heavy (non-hydrogen) atoms. The number of hydrogen-bond acceptors (Lipinski definition) is 23. The molecule has 25 N–H and O–H groups in total. The number of carboxylic acid groups (broad SMARTS) is 3. The molecule has 41 heteroatoms. The zero-order chi connectivity index (χ0) is 85.9. The number of carboxylic acids is 3. The minimum absolute atomic E-state index is 0.0292. The molecule has 642 valence electrons. The first-order valence-electron chi connectivity index (χ1n) is 38.7. The fraction of sp³-hybridized carbons (Fsp3) is 0.750. The Balaban J connectivity index is 3.27. The summed E-state index contributed by atoms with van der Waals surface area (Å²) in [5, 5.41) is 91.0. The van der Waals surface area contributed by atoms with Crippen molar-refractivity contribution in [3.63, 3.8) is 0 Å². The molecule has 17 atom stereocenters. The van der Waals surface area contributed by atoms with Crippen LogP contribution in [0.2, 0.25) is 0 Å². The van der Waals surface area contributed by atoms with Crippen LogP contribution in [0.5, 0.6) is 0 Å². The maximum Gasteiger partial charge on any atom is 0.326 e. The number of nitrogens with zero attached hydrogens (tertiary/aromatic N) is 1. The highest BCUT2D eigenvalue weighted by molar-refractivity contribution is 6.01. The second-order valence-corrected chi connectivity index (χ2v) is 29.0. The first-order chi connectivity index (χ1) is 53.1. The number of carbonyl (C=O) groups is 18. The van der Waals surface area contributed by atoms with E-state index in [9.17, 15) is 112 Å². The molecule has 1 saturated heterocycles. The fourth-order valence-corrected chi connectivity index (χ4v) is 11.8. The van der Waals surface area contributed by atoms with E-state index in [4.69, 9.17) is 22.3 Å². The van der Waals surface area contributed by atoms with Gasteiger partial charge in [-0.15, -0.1) is 0 Å². The van der Waals surface area contributed by atoms with E-state index >= 15 is 0 Å². The Morgan fingerprint density at radius 3 is 1.30 bits per heavy atom. The molecule has 1 heterocycles. The van der Waals surface area contributed by atoms with Crippen LogP contribution < -0.4 is 86.3 Å². The van der Waals surface area contributed by atoms with Crippen molar-refractivity contribution in [2.75, 3.05) is 26.2 Å². The third kappa shape index (κ3) is 38.1. The second kappa shape index (κ2) is 53.3. The highest BCUT2D eigenvalue weighted by atomic mass is 16.4. The lowest BCUT2D eigenvalue weighted by Gasteiger charge is -2.32. The lowest BCUT2D eigenvalue weighted by atomic mass is 9.96. The van der Waals surface area contributed by atoms with E-state index in [1.54, 1.807) is 6.92 Å². The summed E-state index contributed by atoms with van der Waals surface area (Å²) in [6.45, 7) is 14.1. The molecule has 0 spiro atoms. The largest absolute Gasteiger partial charge is 0.481 e. The summed E-state index contributed by atoms with van der Waals surface area (Å²) in [5.41, 5.74) is 16.8. The van der Waals surface area contributed by atoms with E-state index in [1.807, 2.05) is 19.2 Å². The minimum atomic E-state index is -2.03. The van der Waals surface area contributed by atoms with Gasteiger partial charge in [0, 0.05) is 19.4 Å². The second-order valence-electron chi connectivity index (χ2n) is 29.0. The maximum absolute atomic E-state index is 14.2. The standard InChI is InChI=1S/C72H125N17O24/c1-11-13-14-15-16-17-18-27-53(94)79-47(33-37(3)4)66(106)88-58(43(10)92)71(111)89-32-23-26-51(89)68(108)87-57(42(9)91)70(110)82-46(28-29-52(75)93)63(103)78-41(8)60(100)80-44(24-19-21-30-73)62(102)77-39(6)59(99)76-40(7)61(101)85-50(36-90)67(107)81-45(25-20-22-31-74)64(104)86-56(38(5)12-2)69(109)83-48(34-54(95)96)65(105)84-49(72(112)113)35-55(97)98/h37-51,56-58,90-92H,11-36,73-74H2,1-10H3,(H2,75,93)(H,76,99)(H,77,102)(H,78,103)(H,79,94)(H,80,100)(H,81,107)(H,82,110)(H,83,109)(H,84,105)(H,85,101)(H,86,104)(H,87,108)(H,88,106)(H,95,96)(H,97,98)(H,112,113)/t38-,39-,40-,41-,42+,43+,44-,45-,46-,47-,48-,49-,50-,51-,56-,57-,58-/m0/s1. The molecule has 0 aromatic rings. The molecular formula is C72H125N17O24. The molecule has 0 aromatic carbocycles. The van der Waals surface area contributed by atoms with Gasteiger partial charge in [-0.1, -0.05) is 79.6 Å². The van der Waals surface area contributed by atoms with E-state index in [0.29, 0.717) is 19.3 Å². The van der Waals surface area contributed by atoms with Crippen molar-refractivity contribution in [3.05, 3.63) is 0 Å². The van der Waals surface area contributed by atoms with E-state index in [0.717, 1.165) is 50.3 Å². The summed E-state index contributed by atoms with van der Waals surface area (Å²) in [6.07, 6.45) is 2.12. The molecule has 0 saturated carbocycles. The van der Waals surface area contributed by atoms with Gasteiger partial charge in [0.15, 0.2) is 0 Å². The number of likely N-dealkylation sites (tertiary alicyclic amines) is 1. The van der Waals surface area contributed by atoms with E-state index < -0.39 is 236 Å². The number of hydrogen-bond donors (Lipinski definition) is 22. The molecule has 0 unspecified atom stereocenters. The molecule has 1 aliphatic rings. The van der Waals surface area contributed by atoms with Crippen LogP contribution in [0.1, 0.15) is 210 Å². The van der Waals surface area contributed by atoms with Crippen LogP contribution in [0.3, 0.4) is 0 Å². The lowest BCUT2D eigenvalue weighted by Crippen LogP contribution is -2.62. The van der Waals surface area contributed by atoms with E-state index in [1.165, 1.54) is 34.6 Å². The molecule has 0 radical (unpaired) electrons. The van der Waals surface area contributed by atoms with Crippen LogP contribution >= 0.6 is 0 Å². The summed E-state index contributed by atoms with van der Waals surface area (Å²) in [6, 6.07) is -22.3. The molecule has 0 aromatic heterocycles. The van der Waals surface area contributed by atoms with Crippen molar-refractivity contribution in [1.82, 2.24) is 74.0 Å². The Bertz CT molecular complexity index is 3200. The summed E-state index contributed by atoms with van der Waals surface area (Å²) in [4.78, 5) is 240. The number of nitrogens with two attached hydrogens (primary N) is 3. The summed E-state index contributed by atoms with van der Waals surface area (Å²) in [5.74, 6) is -20.6. The molecule has 0 bridgehead atoms. The average molecular weight is 1610 g/mol. The van der Waals surface area contributed by atoms with Crippen LogP contribution in [0, 0.1) is 11.8 Å². The third-order valence-corrected chi connectivity index (χ3v) is 18.7.